The number of hydrogen-bond donors (Lipinski definition) is 0. The van der Waals surface area contributed by atoms with Crippen LogP contribution in [-0.2, 0) is 4.79 Å². The molecule has 0 atom stereocenters. The summed E-state index contributed by atoms with van der Waals surface area (Å²) in [5.74, 6) is 0.645. The number of hydrogen-bond acceptors (Lipinski definition) is 4. The lowest BCUT2D eigenvalue weighted by Crippen LogP contribution is -2.28. The maximum absolute atomic E-state index is 12.6. The van der Waals surface area contributed by atoms with E-state index in [9.17, 15) is 4.79 Å². The van der Waals surface area contributed by atoms with E-state index >= 15 is 0 Å². The summed E-state index contributed by atoms with van der Waals surface area (Å²) in [7, 11) is 1.62. The van der Waals surface area contributed by atoms with E-state index in [-0.39, 0.29) is 5.91 Å². The summed E-state index contributed by atoms with van der Waals surface area (Å²) in [5.41, 5.74) is 1.78. The summed E-state index contributed by atoms with van der Waals surface area (Å²) in [5, 5.41) is 0.716. The van der Waals surface area contributed by atoms with E-state index in [1.165, 1.54) is 11.3 Å². The first kappa shape index (κ1) is 16.2. The van der Waals surface area contributed by atoms with Crippen LogP contribution in [0.3, 0.4) is 0 Å². The molecule has 3 aromatic rings. The normalized spacial score (nSPS) is 11.1. The van der Waals surface area contributed by atoms with Crippen molar-refractivity contribution >= 4 is 38.7 Å². The third-order valence-corrected chi connectivity index (χ3v) is 4.70. The van der Waals surface area contributed by atoms with Crippen LogP contribution in [0.1, 0.15) is 12.5 Å². The molecule has 122 valence electrons. The van der Waals surface area contributed by atoms with Gasteiger partial charge in [-0.1, -0.05) is 41.7 Å². The number of aromatic nitrogens is 1. The molecule has 0 fully saturated rings. The van der Waals surface area contributed by atoms with Crippen molar-refractivity contribution in [2.75, 3.05) is 18.6 Å². The van der Waals surface area contributed by atoms with Crippen molar-refractivity contribution in [3.05, 3.63) is 60.2 Å². The molecular weight excluding hydrogens is 320 g/mol. The van der Waals surface area contributed by atoms with Gasteiger partial charge in [0.15, 0.2) is 5.13 Å². The zero-order chi connectivity index (χ0) is 16.9. The van der Waals surface area contributed by atoms with Crippen LogP contribution in [0.5, 0.6) is 5.75 Å². The fourth-order valence-electron chi connectivity index (χ4n) is 2.42. The van der Waals surface area contributed by atoms with Crippen LogP contribution in [0, 0.1) is 0 Å². The maximum Gasteiger partial charge on any atom is 0.252 e. The lowest BCUT2D eigenvalue weighted by molar-refractivity contribution is -0.114. The molecular formula is C19H18N2O2S. The van der Waals surface area contributed by atoms with Gasteiger partial charge in [0.05, 0.1) is 17.3 Å². The van der Waals surface area contributed by atoms with Crippen molar-refractivity contribution in [3.8, 4) is 5.75 Å². The second-order valence-corrected chi connectivity index (χ2v) is 6.13. The van der Waals surface area contributed by atoms with Crippen LogP contribution in [-0.4, -0.2) is 24.5 Å². The number of thiazole rings is 1. The van der Waals surface area contributed by atoms with Crippen LogP contribution in [0.2, 0.25) is 0 Å². The van der Waals surface area contributed by atoms with E-state index in [4.69, 9.17) is 4.74 Å². The van der Waals surface area contributed by atoms with Gasteiger partial charge in [0.25, 0.3) is 5.91 Å². The highest BCUT2D eigenvalue weighted by Gasteiger charge is 2.15. The predicted octanol–water partition coefficient (Wildman–Crippen LogP) is 4.37. The molecule has 0 unspecified atom stereocenters. The van der Waals surface area contributed by atoms with Crippen molar-refractivity contribution in [2.24, 2.45) is 0 Å². The van der Waals surface area contributed by atoms with Crippen LogP contribution in [0.4, 0.5) is 5.13 Å². The lowest BCUT2D eigenvalue weighted by Gasteiger charge is -2.15. The molecule has 0 saturated carbocycles. The number of benzene rings is 2. The van der Waals surface area contributed by atoms with E-state index < -0.39 is 0 Å². The second kappa shape index (κ2) is 7.27. The molecule has 0 aliphatic carbocycles. The number of nitrogens with zero attached hydrogens (tertiary/aromatic N) is 2. The fourth-order valence-corrected chi connectivity index (χ4v) is 3.45. The Balaban J connectivity index is 1.85. The van der Waals surface area contributed by atoms with Gasteiger partial charge in [0.1, 0.15) is 5.75 Å². The topological polar surface area (TPSA) is 42.4 Å². The molecule has 1 heterocycles. The monoisotopic (exact) mass is 338 g/mol. The van der Waals surface area contributed by atoms with Gasteiger partial charge in [0.2, 0.25) is 0 Å². The summed E-state index contributed by atoms with van der Waals surface area (Å²) in [6.45, 7) is 2.51. The Morgan fingerprint density at radius 1 is 1.21 bits per heavy atom. The molecule has 0 N–H and O–H groups in total. The van der Waals surface area contributed by atoms with E-state index in [0.29, 0.717) is 11.7 Å². The number of carbonyl (C=O) groups is 1. The molecule has 2 aromatic carbocycles. The number of carbonyl (C=O) groups excluding carboxylic acids is 1. The number of rotatable bonds is 5. The standard InChI is InChI=1S/C19H18N2O2S/c1-3-21(19-20-15-9-5-7-11-17(15)24-19)18(22)13-12-14-8-4-6-10-16(14)23-2/h4-13H,3H2,1-2H3/b13-12+. The average molecular weight is 338 g/mol. The molecule has 0 spiro atoms. The van der Waals surface area contributed by atoms with Gasteiger partial charge in [-0.2, -0.15) is 0 Å². The predicted molar refractivity (Wildman–Crippen MR) is 99.7 cm³/mol. The molecule has 0 radical (unpaired) electrons. The Labute approximate surface area is 145 Å². The highest BCUT2D eigenvalue weighted by molar-refractivity contribution is 7.22. The average Bonchev–Trinajstić information content (AvgIpc) is 3.04. The zero-order valence-corrected chi connectivity index (χ0v) is 14.4. The Morgan fingerprint density at radius 2 is 1.96 bits per heavy atom. The third-order valence-electron chi connectivity index (χ3n) is 3.64. The number of amides is 1. The summed E-state index contributed by atoms with van der Waals surface area (Å²) < 4.78 is 6.38. The number of fused-ring (bicyclic) bond motifs is 1. The van der Waals surface area contributed by atoms with Gasteiger partial charge in [-0.3, -0.25) is 9.69 Å². The highest BCUT2D eigenvalue weighted by Crippen LogP contribution is 2.28. The van der Waals surface area contributed by atoms with Crippen molar-refractivity contribution in [3.63, 3.8) is 0 Å². The summed E-state index contributed by atoms with van der Waals surface area (Å²) in [4.78, 5) is 18.8. The fraction of sp³-hybridized carbons (Fsp3) is 0.158. The Bertz CT molecular complexity index is 853. The van der Waals surface area contributed by atoms with E-state index in [1.54, 1.807) is 24.2 Å². The van der Waals surface area contributed by atoms with Crippen molar-refractivity contribution in [1.29, 1.82) is 0 Å². The summed E-state index contributed by atoms with van der Waals surface area (Å²) in [6.07, 6.45) is 3.34. The van der Waals surface area contributed by atoms with E-state index in [0.717, 1.165) is 21.5 Å². The van der Waals surface area contributed by atoms with Crippen molar-refractivity contribution in [1.82, 2.24) is 4.98 Å². The first-order valence-electron chi connectivity index (χ1n) is 7.71. The van der Waals surface area contributed by atoms with Gasteiger partial charge < -0.3 is 4.74 Å². The number of ether oxygens (including phenoxy) is 1. The second-order valence-electron chi connectivity index (χ2n) is 5.12. The van der Waals surface area contributed by atoms with Gasteiger partial charge in [-0.05, 0) is 31.2 Å². The van der Waals surface area contributed by atoms with Gasteiger partial charge in [-0.25, -0.2) is 4.98 Å². The molecule has 0 bridgehead atoms. The van der Waals surface area contributed by atoms with Gasteiger partial charge >= 0.3 is 0 Å². The minimum Gasteiger partial charge on any atom is -0.496 e. The van der Waals surface area contributed by atoms with Crippen molar-refractivity contribution in [2.45, 2.75) is 6.92 Å². The summed E-state index contributed by atoms with van der Waals surface area (Å²) in [6, 6.07) is 15.5. The summed E-state index contributed by atoms with van der Waals surface area (Å²) >= 11 is 1.52. The Kier molecular flexibility index (Phi) is 4.91. The number of likely N-dealkylation sites (N-methyl/N-ethyl adjacent to an activating group) is 1. The Morgan fingerprint density at radius 3 is 2.71 bits per heavy atom. The van der Waals surface area contributed by atoms with Gasteiger partial charge in [-0.15, -0.1) is 0 Å². The van der Waals surface area contributed by atoms with Gasteiger partial charge in [0, 0.05) is 18.2 Å². The first-order valence-corrected chi connectivity index (χ1v) is 8.52. The van der Waals surface area contributed by atoms with Crippen LogP contribution in [0.25, 0.3) is 16.3 Å². The highest BCUT2D eigenvalue weighted by atomic mass is 32.1. The van der Waals surface area contributed by atoms with Crippen LogP contribution < -0.4 is 9.64 Å². The molecule has 0 aliphatic heterocycles. The molecule has 24 heavy (non-hydrogen) atoms. The largest absolute Gasteiger partial charge is 0.496 e. The minimum atomic E-state index is -0.0949. The zero-order valence-electron chi connectivity index (χ0n) is 13.6. The number of anilines is 1. The molecule has 4 nitrogen and oxygen atoms in total. The Hall–Kier alpha value is -2.66. The maximum atomic E-state index is 12.6. The minimum absolute atomic E-state index is 0.0949. The SMILES string of the molecule is CCN(C(=O)/C=C/c1ccccc1OC)c1nc2ccccc2s1. The smallest absolute Gasteiger partial charge is 0.252 e. The molecule has 0 saturated heterocycles. The molecule has 3 rings (SSSR count). The third kappa shape index (κ3) is 3.31. The van der Waals surface area contributed by atoms with Crippen LogP contribution >= 0.6 is 11.3 Å². The molecule has 1 amide bonds. The molecule has 1 aromatic heterocycles. The van der Waals surface area contributed by atoms with E-state index in [2.05, 4.69) is 4.98 Å². The molecule has 5 heteroatoms. The molecule has 0 aliphatic rings. The lowest BCUT2D eigenvalue weighted by atomic mass is 10.2. The van der Waals surface area contributed by atoms with Crippen molar-refractivity contribution < 1.29 is 9.53 Å². The number of methoxy groups -OCH3 is 1. The van der Waals surface area contributed by atoms with Crippen LogP contribution in [0.15, 0.2) is 54.6 Å². The first-order chi connectivity index (χ1) is 11.7. The number of para-hydroxylation sites is 2. The van der Waals surface area contributed by atoms with E-state index in [1.807, 2.05) is 55.5 Å². The quantitative estimate of drug-likeness (QED) is 0.649.